The number of anilines is 2. The molecule has 0 aliphatic carbocycles. The highest BCUT2D eigenvalue weighted by molar-refractivity contribution is 5.95. The maximum absolute atomic E-state index is 12.9. The minimum absolute atomic E-state index is 0.0965. The molecular formula is C25H27N3O3. The highest BCUT2D eigenvalue weighted by Crippen LogP contribution is 2.21. The van der Waals surface area contributed by atoms with Crippen molar-refractivity contribution in [2.75, 3.05) is 30.4 Å². The van der Waals surface area contributed by atoms with E-state index in [1.165, 1.54) is 5.56 Å². The Balaban J connectivity index is 1.72. The summed E-state index contributed by atoms with van der Waals surface area (Å²) in [5.41, 5.74) is 9.13. The second kappa shape index (κ2) is 10.8. The molecule has 6 nitrogen and oxygen atoms in total. The summed E-state index contributed by atoms with van der Waals surface area (Å²) in [6.07, 6.45) is 0.880. The van der Waals surface area contributed by atoms with Crippen molar-refractivity contribution in [1.82, 2.24) is 0 Å². The number of amides is 2. The first-order valence-corrected chi connectivity index (χ1v) is 10.1. The standard InChI is InChI=1S/C25H27N3O3/c1-31-22-13-11-21(12-14-22)28(16-15-24(26)29)18-25(30)27-23-10-6-5-9-20(23)17-19-7-3-2-4-8-19/h2-14H,15-18H2,1H3,(H2,26,29)(H,27,30). The van der Waals surface area contributed by atoms with Gasteiger partial charge in [0.15, 0.2) is 0 Å². The Bertz CT molecular complexity index is 1000. The van der Waals surface area contributed by atoms with Gasteiger partial charge in [-0.2, -0.15) is 0 Å². The molecule has 3 aromatic carbocycles. The molecule has 0 unspecified atom stereocenters. The predicted octanol–water partition coefficient (Wildman–Crippen LogP) is 3.61. The lowest BCUT2D eigenvalue weighted by Crippen LogP contribution is -2.35. The first kappa shape index (κ1) is 21.9. The molecule has 0 aliphatic rings. The van der Waals surface area contributed by atoms with Crippen molar-refractivity contribution < 1.29 is 14.3 Å². The molecular weight excluding hydrogens is 390 g/mol. The number of carbonyl (C=O) groups excluding carboxylic acids is 2. The fourth-order valence-electron chi connectivity index (χ4n) is 3.31. The quantitative estimate of drug-likeness (QED) is 0.528. The number of methoxy groups -OCH3 is 1. The number of para-hydroxylation sites is 1. The second-order valence-corrected chi connectivity index (χ2v) is 7.20. The van der Waals surface area contributed by atoms with Crippen LogP contribution in [0.2, 0.25) is 0 Å². The molecule has 0 aromatic heterocycles. The highest BCUT2D eigenvalue weighted by Gasteiger charge is 2.14. The van der Waals surface area contributed by atoms with E-state index in [1.54, 1.807) is 7.11 Å². The van der Waals surface area contributed by atoms with Crippen molar-refractivity contribution in [2.24, 2.45) is 5.73 Å². The topological polar surface area (TPSA) is 84.7 Å². The largest absolute Gasteiger partial charge is 0.497 e. The van der Waals surface area contributed by atoms with Gasteiger partial charge in [-0.25, -0.2) is 0 Å². The number of benzene rings is 3. The third-order valence-electron chi connectivity index (χ3n) is 4.93. The van der Waals surface area contributed by atoms with E-state index in [2.05, 4.69) is 17.4 Å². The van der Waals surface area contributed by atoms with Gasteiger partial charge in [0.2, 0.25) is 11.8 Å². The maximum Gasteiger partial charge on any atom is 0.243 e. The van der Waals surface area contributed by atoms with Crippen molar-refractivity contribution in [1.29, 1.82) is 0 Å². The van der Waals surface area contributed by atoms with E-state index < -0.39 is 5.91 Å². The zero-order valence-corrected chi connectivity index (χ0v) is 17.6. The lowest BCUT2D eigenvalue weighted by atomic mass is 10.0. The van der Waals surface area contributed by atoms with E-state index in [9.17, 15) is 9.59 Å². The van der Waals surface area contributed by atoms with Crippen LogP contribution in [0.4, 0.5) is 11.4 Å². The van der Waals surface area contributed by atoms with Crippen LogP contribution in [0, 0.1) is 0 Å². The smallest absolute Gasteiger partial charge is 0.243 e. The zero-order valence-electron chi connectivity index (χ0n) is 17.6. The van der Waals surface area contributed by atoms with E-state index in [-0.39, 0.29) is 18.9 Å². The fourth-order valence-corrected chi connectivity index (χ4v) is 3.31. The molecule has 0 saturated heterocycles. The molecule has 160 valence electrons. The molecule has 2 amide bonds. The van der Waals surface area contributed by atoms with E-state index in [0.717, 1.165) is 29.1 Å². The Labute approximate surface area is 182 Å². The summed E-state index contributed by atoms with van der Waals surface area (Å²) < 4.78 is 5.20. The number of primary amides is 1. The molecule has 31 heavy (non-hydrogen) atoms. The van der Waals surface area contributed by atoms with Crippen LogP contribution < -0.4 is 20.7 Å². The summed E-state index contributed by atoms with van der Waals surface area (Å²) in [6, 6.07) is 25.2. The number of nitrogens with zero attached hydrogens (tertiary/aromatic N) is 1. The lowest BCUT2D eigenvalue weighted by molar-refractivity contribution is -0.118. The summed E-state index contributed by atoms with van der Waals surface area (Å²) in [4.78, 5) is 26.0. The van der Waals surface area contributed by atoms with Gasteiger partial charge in [0.25, 0.3) is 0 Å². The Kier molecular flexibility index (Phi) is 7.65. The molecule has 3 aromatic rings. The maximum atomic E-state index is 12.9. The first-order chi connectivity index (χ1) is 15.0. The second-order valence-electron chi connectivity index (χ2n) is 7.20. The molecule has 0 radical (unpaired) electrons. The van der Waals surface area contributed by atoms with E-state index in [0.29, 0.717) is 6.54 Å². The Hall–Kier alpha value is -3.80. The molecule has 0 heterocycles. The molecule has 0 atom stereocenters. The van der Waals surface area contributed by atoms with Crippen LogP contribution in [0.3, 0.4) is 0 Å². The lowest BCUT2D eigenvalue weighted by Gasteiger charge is -2.24. The van der Waals surface area contributed by atoms with Gasteiger partial charge in [0.05, 0.1) is 13.7 Å². The molecule has 0 aliphatic heterocycles. The Morgan fingerprint density at radius 1 is 0.935 bits per heavy atom. The van der Waals surface area contributed by atoms with Crippen molar-refractivity contribution in [2.45, 2.75) is 12.8 Å². The number of hydrogen-bond donors (Lipinski definition) is 2. The average molecular weight is 418 g/mol. The molecule has 0 fully saturated rings. The Morgan fingerprint density at radius 2 is 1.61 bits per heavy atom. The van der Waals surface area contributed by atoms with Crippen LogP contribution in [-0.2, 0) is 16.0 Å². The van der Waals surface area contributed by atoms with Crippen LogP contribution in [0.15, 0.2) is 78.9 Å². The summed E-state index contributed by atoms with van der Waals surface area (Å²) in [5.74, 6) is 0.144. The number of nitrogens with two attached hydrogens (primary N) is 1. The third-order valence-corrected chi connectivity index (χ3v) is 4.93. The van der Waals surface area contributed by atoms with Gasteiger partial charge in [-0.15, -0.1) is 0 Å². The van der Waals surface area contributed by atoms with Crippen LogP contribution >= 0.6 is 0 Å². The highest BCUT2D eigenvalue weighted by atomic mass is 16.5. The van der Waals surface area contributed by atoms with E-state index in [4.69, 9.17) is 10.5 Å². The first-order valence-electron chi connectivity index (χ1n) is 10.1. The zero-order chi connectivity index (χ0) is 22.1. The predicted molar refractivity (Wildman–Crippen MR) is 123 cm³/mol. The van der Waals surface area contributed by atoms with Crippen LogP contribution in [0.5, 0.6) is 5.75 Å². The summed E-state index contributed by atoms with van der Waals surface area (Å²) in [5, 5.41) is 3.02. The normalized spacial score (nSPS) is 10.4. The molecule has 0 saturated carbocycles. The van der Waals surface area contributed by atoms with Crippen LogP contribution in [0.1, 0.15) is 17.5 Å². The molecule has 3 N–H and O–H groups in total. The van der Waals surface area contributed by atoms with Gasteiger partial charge in [-0.05, 0) is 47.9 Å². The number of rotatable bonds is 10. The van der Waals surface area contributed by atoms with Crippen molar-refractivity contribution in [3.8, 4) is 5.75 Å². The number of ether oxygens (including phenoxy) is 1. The van der Waals surface area contributed by atoms with Crippen LogP contribution in [0.25, 0.3) is 0 Å². The Morgan fingerprint density at radius 3 is 2.29 bits per heavy atom. The molecule has 0 bridgehead atoms. The molecule has 6 heteroatoms. The SMILES string of the molecule is COc1ccc(N(CCC(N)=O)CC(=O)Nc2ccccc2Cc2ccccc2)cc1. The number of hydrogen-bond acceptors (Lipinski definition) is 4. The third kappa shape index (κ3) is 6.60. The van der Waals surface area contributed by atoms with Crippen molar-refractivity contribution >= 4 is 23.2 Å². The van der Waals surface area contributed by atoms with E-state index >= 15 is 0 Å². The minimum atomic E-state index is -0.410. The summed E-state index contributed by atoms with van der Waals surface area (Å²) >= 11 is 0. The summed E-state index contributed by atoms with van der Waals surface area (Å²) in [7, 11) is 1.60. The van der Waals surface area contributed by atoms with Gasteiger partial charge < -0.3 is 20.7 Å². The van der Waals surface area contributed by atoms with Gasteiger partial charge in [0, 0.05) is 24.3 Å². The van der Waals surface area contributed by atoms with E-state index in [1.807, 2.05) is 71.6 Å². The van der Waals surface area contributed by atoms with Gasteiger partial charge in [-0.1, -0.05) is 48.5 Å². The fraction of sp³-hybridized carbons (Fsp3) is 0.200. The minimum Gasteiger partial charge on any atom is -0.497 e. The van der Waals surface area contributed by atoms with Gasteiger partial charge in [0.1, 0.15) is 5.75 Å². The molecule has 3 rings (SSSR count). The summed E-state index contributed by atoms with van der Waals surface area (Å²) in [6.45, 7) is 0.444. The van der Waals surface area contributed by atoms with Gasteiger partial charge in [-0.3, -0.25) is 9.59 Å². The van der Waals surface area contributed by atoms with Gasteiger partial charge >= 0.3 is 0 Å². The van der Waals surface area contributed by atoms with Crippen LogP contribution in [-0.4, -0.2) is 32.0 Å². The number of nitrogens with one attached hydrogen (secondary N) is 1. The monoisotopic (exact) mass is 417 g/mol. The molecule has 0 spiro atoms. The number of carbonyl (C=O) groups is 2. The van der Waals surface area contributed by atoms with Crippen molar-refractivity contribution in [3.63, 3.8) is 0 Å². The van der Waals surface area contributed by atoms with Crippen molar-refractivity contribution in [3.05, 3.63) is 90.0 Å². The average Bonchev–Trinajstić information content (AvgIpc) is 2.78.